The molecule has 0 bridgehead atoms. The van der Waals surface area contributed by atoms with Gasteiger partial charge in [-0.15, -0.1) is 0 Å². The van der Waals surface area contributed by atoms with Gasteiger partial charge >= 0.3 is 0 Å². The Bertz CT molecular complexity index is 752. The molecule has 6 nitrogen and oxygen atoms in total. The minimum absolute atomic E-state index is 0.121. The number of morpholine rings is 1. The zero-order chi connectivity index (χ0) is 19.4. The number of amides is 1. The summed E-state index contributed by atoms with van der Waals surface area (Å²) in [5.74, 6) is 1.24. The number of nitrogens with zero attached hydrogens (tertiary/aromatic N) is 2. The van der Waals surface area contributed by atoms with Crippen molar-refractivity contribution in [3.8, 4) is 11.5 Å². The number of benzene rings is 1. The van der Waals surface area contributed by atoms with Crippen molar-refractivity contribution in [2.75, 3.05) is 26.3 Å². The molecule has 146 valence electrons. The first-order valence-corrected chi connectivity index (χ1v) is 10.1. The van der Waals surface area contributed by atoms with Crippen molar-refractivity contribution >= 4 is 28.9 Å². The summed E-state index contributed by atoms with van der Waals surface area (Å²) in [5.41, 5.74) is 0.844. The van der Waals surface area contributed by atoms with E-state index in [1.54, 1.807) is 0 Å². The Morgan fingerprint density at radius 1 is 1.22 bits per heavy atom. The predicted molar refractivity (Wildman–Crippen MR) is 108 cm³/mol. The fourth-order valence-corrected chi connectivity index (χ4v) is 4.10. The molecule has 0 N–H and O–H groups in total. The van der Waals surface area contributed by atoms with Crippen LogP contribution in [0.4, 0.5) is 0 Å². The van der Waals surface area contributed by atoms with Crippen molar-refractivity contribution in [1.82, 2.24) is 4.90 Å². The lowest BCUT2D eigenvalue weighted by Crippen LogP contribution is -2.47. The zero-order valence-corrected chi connectivity index (χ0v) is 17.0. The molecule has 1 amide bonds. The average Bonchev–Trinajstić information content (AvgIpc) is 2.98. The molecule has 0 saturated carbocycles. The van der Waals surface area contributed by atoms with E-state index in [1.807, 2.05) is 52.0 Å². The van der Waals surface area contributed by atoms with Gasteiger partial charge in [0.25, 0.3) is 5.91 Å². The molecule has 0 aliphatic carbocycles. The number of hydrogen-bond acceptors (Lipinski definition) is 6. The standard InChI is InChI=1S/C20H26N2O4S/c1-5-24-16-8-7-15(17(10-16)25-6-2)9-18-19(23)21-20(27-18)22-11-13(3)26-14(4)12-22/h7-10,13-14H,5-6,11-12H2,1-4H3. The Balaban J connectivity index is 1.79. The third kappa shape index (κ3) is 4.84. The van der Waals surface area contributed by atoms with E-state index < -0.39 is 0 Å². The molecule has 0 aromatic heterocycles. The topological polar surface area (TPSA) is 60.4 Å². The minimum Gasteiger partial charge on any atom is -0.494 e. The minimum atomic E-state index is -0.210. The molecule has 2 aliphatic rings. The molecular weight excluding hydrogens is 364 g/mol. The van der Waals surface area contributed by atoms with Gasteiger partial charge in [-0.1, -0.05) is 0 Å². The van der Waals surface area contributed by atoms with Gasteiger partial charge in [0.05, 0.1) is 30.3 Å². The third-order valence-corrected chi connectivity index (χ3v) is 5.23. The van der Waals surface area contributed by atoms with Crippen LogP contribution in [0.2, 0.25) is 0 Å². The van der Waals surface area contributed by atoms with Crippen molar-refractivity contribution in [1.29, 1.82) is 0 Å². The van der Waals surface area contributed by atoms with Crippen LogP contribution < -0.4 is 9.47 Å². The summed E-state index contributed by atoms with van der Waals surface area (Å²) >= 11 is 1.41. The normalized spacial score (nSPS) is 24.3. The Labute approximate surface area is 164 Å². The molecular formula is C20H26N2O4S. The lowest BCUT2D eigenvalue weighted by Gasteiger charge is -2.35. The van der Waals surface area contributed by atoms with Crippen LogP contribution >= 0.6 is 11.8 Å². The van der Waals surface area contributed by atoms with Crippen molar-refractivity contribution in [2.24, 2.45) is 4.99 Å². The number of carbonyl (C=O) groups is 1. The average molecular weight is 391 g/mol. The number of ether oxygens (including phenoxy) is 3. The number of hydrogen-bond donors (Lipinski definition) is 0. The second kappa shape index (κ2) is 8.80. The highest BCUT2D eigenvalue weighted by molar-refractivity contribution is 8.18. The summed E-state index contributed by atoms with van der Waals surface area (Å²) in [4.78, 5) is 19.4. The number of carbonyl (C=O) groups excluding carboxylic acids is 1. The van der Waals surface area contributed by atoms with Crippen molar-refractivity contribution in [3.63, 3.8) is 0 Å². The smallest absolute Gasteiger partial charge is 0.286 e. The maximum Gasteiger partial charge on any atom is 0.286 e. The summed E-state index contributed by atoms with van der Waals surface area (Å²) in [7, 11) is 0. The summed E-state index contributed by atoms with van der Waals surface area (Å²) < 4.78 is 17.0. The summed E-state index contributed by atoms with van der Waals surface area (Å²) in [6.07, 6.45) is 2.09. The van der Waals surface area contributed by atoms with Gasteiger partial charge in [0.2, 0.25) is 0 Å². The van der Waals surface area contributed by atoms with Gasteiger partial charge in [0.15, 0.2) is 5.17 Å². The number of amidine groups is 1. The molecule has 7 heteroatoms. The molecule has 2 heterocycles. The maximum atomic E-state index is 12.4. The van der Waals surface area contributed by atoms with Crippen molar-refractivity contribution in [2.45, 2.75) is 39.9 Å². The quantitative estimate of drug-likeness (QED) is 0.717. The summed E-state index contributed by atoms with van der Waals surface area (Å²) in [5, 5.41) is 0.747. The van der Waals surface area contributed by atoms with Gasteiger partial charge in [0.1, 0.15) is 11.5 Å². The van der Waals surface area contributed by atoms with Gasteiger partial charge in [-0.3, -0.25) is 4.79 Å². The van der Waals surface area contributed by atoms with Crippen LogP contribution in [0.3, 0.4) is 0 Å². The molecule has 0 radical (unpaired) electrons. The summed E-state index contributed by atoms with van der Waals surface area (Å²) in [6.45, 7) is 10.6. The van der Waals surface area contributed by atoms with Crippen molar-refractivity contribution in [3.05, 3.63) is 28.7 Å². The highest BCUT2D eigenvalue weighted by atomic mass is 32.2. The van der Waals surface area contributed by atoms with E-state index in [0.29, 0.717) is 23.9 Å². The maximum absolute atomic E-state index is 12.4. The summed E-state index contributed by atoms with van der Waals surface area (Å²) in [6, 6.07) is 5.65. The van der Waals surface area contributed by atoms with Crippen LogP contribution in [0.5, 0.6) is 11.5 Å². The van der Waals surface area contributed by atoms with Gasteiger partial charge in [0, 0.05) is 24.7 Å². The lowest BCUT2D eigenvalue weighted by molar-refractivity contribution is -0.113. The Morgan fingerprint density at radius 3 is 2.59 bits per heavy atom. The highest BCUT2D eigenvalue weighted by Gasteiger charge is 2.31. The van der Waals surface area contributed by atoms with E-state index in [0.717, 1.165) is 29.6 Å². The first-order valence-electron chi connectivity index (χ1n) is 9.32. The number of thioether (sulfide) groups is 1. The third-order valence-electron chi connectivity index (χ3n) is 4.18. The molecule has 2 aliphatic heterocycles. The molecule has 1 aromatic rings. The first kappa shape index (κ1) is 19.8. The van der Waals surface area contributed by atoms with E-state index in [-0.39, 0.29) is 18.1 Å². The molecule has 0 spiro atoms. The molecule has 3 rings (SSSR count). The molecule has 1 fully saturated rings. The van der Waals surface area contributed by atoms with Crippen LogP contribution in [-0.2, 0) is 9.53 Å². The first-order chi connectivity index (χ1) is 13.0. The second-order valence-corrected chi connectivity index (χ2v) is 7.55. The lowest BCUT2D eigenvalue weighted by atomic mass is 10.1. The van der Waals surface area contributed by atoms with E-state index >= 15 is 0 Å². The second-order valence-electron chi connectivity index (χ2n) is 6.54. The predicted octanol–water partition coefficient (Wildman–Crippen LogP) is 3.56. The van der Waals surface area contributed by atoms with Crippen LogP contribution in [-0.4, -0.2) is 54.5 Å². The Kier molecular flexibility index (Phi) is 6.44. The SMILES string of the molecule is CCOc1ccc(C=C2SC(N3CC(C)OC(C)C3)=NC2=O)c(OCC)c1. The molecule has 1 saturated heterocycles. The molecule has 2 atom stereocenters. The van der Waals surface area contributed by atoms with E-state index in [9.17, 15) is 4.79 Å². The molecule has 1 aromatic carbocycles. The fraction of sp³-hybridized carbons (Fsp3) is 0.500. The highest BCUT2D eigenvalue weighted by Crippen LogP contribution is 2.34. The van der Waals surface area contributed by atoms with Crippen LogP contribution in [0.15, 0.2) is 28.1 Å². The Hall–Kier alpha value is -1.99. The van der Waals surface area contributed by atoms with Gasteiger partial charge in [-0.05, 0) is 57.7 Å². The monoisotopic (exact) mass is 390 g/mol. The molecule has 27 heavy (non-hydrogen) atoms. The number of rotatable bonds is 5. The van der Waals surface area contributed by atoms with E-state index in [4.69, 9.17) is 14.2 Å². The number of aliphatic imine (C=N–C) groups is 1. The van der Waals surface area contributed by atoms with Crippen molar-refractivity contribution < 1.29 is 19.0 Å². The van der Waals surface area contributed by atoms with Crippen LogP contribution in [0.25, 0.3) is 6.08 Å². The largest absolute Gasteiger partial charge is 0.494 e. The Morgan fingerprint density at radius 2 is 1.93 bits per heavy atom. The zero-order valence-electron chi connectivity index (χ0n) is 16.2. The van der Waals surface area contributed by atoms with E-state index in [1.165, 1.54) is 11.8 Å². The van der Waals surface area contributed by atoms with Gasteiger partial charge < -0.3 is 19.1 Å². The van der Waals surface area contributed by atoms with Crippen LogP contribution in [0.1, 0.15) is 33.3 Å². The van der Waals surface area contributed by atoms with Crippen LogP contribution in [0, 0.1) is 0 Å². The molecule has 2 unspecified atom stereocenters. The van der Waals surface area contributed by atoms with E-state index in [2.05, 4.69) is 9.89 Å². The van der Waals surface area contributed by atoms with Gasteiger partial charge in [-0.2, -0.15) is 4.99 Å². The fourth-order valence-electron chi connectivity index (χ4n) is 3.18. The van der Waals surface area contributed by atoms with Gasteiger partial charge in [-0.25, -0.2) is 0 Å².